The molecular formula is C16H29N3. The molecule has 3 heteroatoms. The van der Waals surface area contributed by atoms with Crippen molar-refractivity contribution in [2.45, 2.75) is 36.8 Å². The lowest BCUT2D eigenvalue weighted by molar-refractivity contribution is 0.172. The molecule has 0 amide bonds. The van der Waals surface area contributed by atoms with Crippen LogP contribution in [0.1, 0.15) is 25.7 Å². The van der Waals surface area contributed by atoms with E-state index < -0.39 is 5.54 Å². The molecule has 5 N–H and O–H groups in total. The second kappa shape index (κ2) is 8.86. The van der Waals surface area contributed by atoms with Gasteiger partial charge in [-0.05, 0) is 25.7 Å². The van der Waals surface area contributed by atoms with Gasteiger partial charge in [-0.15, -0.1) is 26.3 Å². The van der Waals surface area contributed by atoms with E-state index in [0.29, 0.717) is 25.9 Å². The zero-order chi connectivity index (χ0) is 14.8. The first-order valence-electron chi connectivity index (χ1n) is 6.73. The zero-order valence-electron chi connectivity index (χ0n) is 12.0. The summed E-state index contributed by atoms with van der Waals surface area (Å²) in [7, 11) is 0. The minimum absolute atomic E-state index is 0.321. The van der Waals surface area contributed by atoms with Crippen LogP contribution >= 0.6 is 0 Å². The molecular weight excluding hydrogens is 234 g/mol. The maximum atomic E-state index is 6.67. The lowest BCUT2D eigenvalue weighted by Crippen LogP contribution is -2.67. The first-order valence-corrected chi connectivity index (χ1v) is 6.73. The highest BCUT2D eigenvalue weighted by Crippen LogP contribution is 2.34. The van der Waals surface area contributed by atoms with Gasteiger partial charge in [-0.1, -0.05) is 24.3 Å². The molecule has 0 saturated heterocycles. The number of nitrogens with one attached hydrogen (secondary N) is 1. The monoisotopic (exact) mass is 263 g/mol. The average Bonchev–Trinajstić information content (AvgIpc) is 2.37. The third-order valence-electron chi connectivity index (χ3n) is 3.56. The third-order valence-corrected chi connectivity index (χ3v) is 3.56. The van der Waals surface area contributed by atoms with Gasteiger partial charge in [0.1, 0.15) is 0 Å². The summed E-state index contributed by atoms with van der Waals surface area (Å²) < 4.78 is 0. The molecule has 0 spiro atoms. The number of rotatable bonds is 12. The molecule has 0 aromatic rings. The van der Waals surface area contributed by atoms with Crippen LogP contribution in [-0.4, -0.2) is 24.2 Å². The molecule has 0 heterocycles. The lowest BCUT2D eigenvalue weighted by atomic mass is 9.69. The Labute approximate surface area is 118 Å². The summed E-state index contributed by atoms with van der Waals surface area (Å²) in [5.74, 6) is 0. The van der Waals surface area contributed by atoms with Gasteiger partial charge >= 0.3 is 0 Å². The Morgan fingerprint density at radius 1 is 0.842 bits per heavy atom. The average molecular weight is 263 g/mol. The summed E-state index contributed by atoms with van der Waals surface area (Å²) in [4.78, 5) is 0. The molecule has 0 fully saturated rings. The second-order valence-corrected chi connectivity index (χ2v) is 4.92. The fourth-order valence-corrected chi connectivity index (χ4v) is 2.60. The Morgan fingerprint density at radius 2 is 1.26 bits per heavy atom. The van der Waals surface area contributed by atoms with Crippen molar-refractivity contribution >= 4 is 0 Å². The highest BCUT2D eigenvalue weighted by Gasteiger charge is 2.44. The number of hydrogen-bond donors (Lipinski definition) is 3. The molecule has 0 aliphatic carbocycles. The predicted molar refractivity (Wildman–Crippen MR) is 86.0 cm³/mol. The Hall–Kier alpha value is -1.16. The van der Waals surface area contributed by atoms with Gasteiger partial charge in [0.25, 0.3) is 0 Å². The summed E-state index contributed by atoms with van der Waals surface area (Å²) >= 11 is 0. The van der Waals surface area contributed by atoms with E-state index in [0.717, 1.165) is 12.8 Å². The van der Waals surface area contributed by atoms with Gasteiger partial charge in [-0.3, -0.25) is 0 Å². The fraction of sp³-hybridized carbons (Fsp3) is 0.500. The Kier molecular flexibility index (Phi) is 8.32. The lowest BCUT2D eigenvalue weighted by Gasteiger charge is -2.48. The van der Waals surface area contributed by atoms with Crippen LogP contribution in [-0.2, 0) is 0 Å². The summed E-state index contributed by atoms with van der Waals surface area (Å²) in [5.41, 5.74) is 11.5. The molecule has 0 radical (unpaired) electrons. The molecule has 0 unspecified atom stereocenters. The Morgan fingerprint density at radius 3 is 1.58 bits per heavy atom. The second-order valence-electron chi connectivity index (χ2n) is 4.92. The van der Waals surface area contributed by atoms with Crippen molar-refractivity contribution < 1.29 is 0 Å². The van der Waals surface area contributed by atoms with Gasteiger partial charge in [-0.2, -0.15) is 0 Å². The van der Waals surface area contributed by atoms with Crippen molar-refractivity contribution in [2.24, 2.45) is 11.5 Å². The van der Waals surface area contributed by atoms with Crippen molar-refractivity contribution in [1.29, 1.82) is 0 Å². The van der Waals surface area contributed by atoms with Crippen molar-refractivity contribution in [1.82, 2.24) is 5.32 Å². The van der Waals surface area contributed by atoms with Crippen molar-refractivity contribution in [3.05, 3.63) is 50.6 Å². The van der Waals surface area contributed by atoms with Gasteiger partial charge in [0.15, 0.2) is 0 Å². The van der Waals surface area contributed by atoms with Crippen LogP contribution in [0.25, 0.3) is 0 Å². The van der Waals surface area contributed by atoms with E-state index in [4.69, 9.17) is 11.5 Å². The van der Waals surface area contributed by atoms with E-state index in [9.17, 15) is 0 Å². The van der Waals surface area contributed by atoms with E-state index in [1.807, 2.05) is 24.3 Å². The third kappa shape index (κ3) is 4.46. The van der Waals surface area contributed by atoms with Crippen molar-refractivity contribution in [3.63, 3.8) is 0 Å². The SMILES string of the molecule is C=CCC(N)(CC=C)C(CC=C)(CC=C)NCCN. The largest absolute Gasteiger partial charge is 0.329 e. The molecule has 0 aliphatic heterocycles. The quantitative estimate of drug-likeness (QED) is 0.473. The molecule has 0 atom stereocenters. The molecule has 3 nitrogen and oxygen atoms in total. The molecule has 0 bridgehead atoms. The van der Waals surface area contributed by atoms with Crippen LogP contribution in [0.4, 0.5) is 0 Å². The van der Waals surface area contributed by atoms with Crippen LogP contribution in [0.5, 0.6) is 0 Å². The molecule has 0 aromatic carbocycles. The van der Waals surface area contributed by atoms with Gasteiger partial charge in [0.2, 0.25) is 0 Å². The van der Waals surface area contributed by atoms with Gasteiger partial charge in [0, 0.05) is 24.2 Å². The van der Waals surface area contributed by atoms with E-state index in [-0.39, 0.29) is 5.54 Å². The highest BCUT2D eigenvalue weighted by atomic mass is 15.1. The minimum atomic E-state index is -0.478. The molecule has 0 rings (SSSR count). The van der Waals surface area contributed by atoms with E-state index >= 15 is 0 Å². The predicted octanol–water partition coefficient (Wildman–Crippen LogP) is 2.28. The van der Waals surface area contributed by atoms with Gasteiger partial charge in [-0.25, -0.2) is 0 Å². The molecule has 108 valence electrons. The Bertz CT molecular complexity index is 287. The maximum absolute atomic E-state index is 6.67. The van der Waals surface area contributed by atoms with Crippen molar-refractivity contribution in [3.8, 4) is 0 Å². The molecule has 0 aromatic heterocycles. The zero-order valence-corrected chi connectivity index (χ0v) is 12.0. The smallest absolute Gasteiger partial charge is 0.0437 e. The number of hydrogen-bond acceptors (Lipinski definition) is 3. The standard InChI is InChI=1S/C16H29N3/c1-5-9-15(18,10-6-2)16(11-7-3,12-8-4)19-14-13-17/h5-8,19H,1-4,9-14,17-18H2. The minimum Gasteiger partial charge on any atom is -0.329 e. The first-order chi connectivity index (χ1) is 9.05. The van der Waals surface area contributed by atoms with Crippen molar-refractivity contribution in [2.75, 3.05) is 13.1 Å². The van der Waals surface area contributed by atoms with Gasteiger partial charge < -0.3 is 16.8 Å². The summed E-state index contributed by atoms with van der Waals surface area (Å²) in [6.45, 7) is 16.6. The van der Waals surface area contributed by atoms with E-state index in [2.05, 4.69) is 31.6 Å². The topological polar surface area (TPSA) is 64.1 Å². The van der Waals surface area contributed by atoms with E-state index in [1.165, 1.54) is 0 Å². The summed E-state index contributed by atoms with van der Waals surface area (Å²) in [6.07, 6.45) is 10.4. The molecule has 0 saturated carbocycles. The normalized spacial score (nSPS) is 11.9. The van der Waals surface area contributed by atoms with Gasteiger partial charge in [0.05, 0.1) is 0 Å². The maximum Gasteiger partial charge on any atom is 0.0437 e. The summed E-state index contributed by atoms with van der Waals surface area (Å²) in [6, 6.07) is 0. The Balaban J connectivity index is 5.53. The molecule has 0 aliphatic rings. The molecule has 19 heavy (non-hydrogen) atoms. The van der Waals surface area contributed by atoms with Crippen LogP contribution in [0, 0.1) is 0 Å². The van der Waals surface area contributed by atoms with Crippen LogP contribution < -0.4 is 16.8 Å². The fourth-order valence-electron chi connectivity index (χ4n) is 2.60. The highest BCUT2D eigenvalue weighted by molar-refractivity contribution is 5.17. The van der Waals surface area contributed by atoms with Crippen LogP contribution in [0.2, 0.25) is 0 Å². The van der Waals surface area contributed by atoms with Crippen LogP contribution in [0.3, 0.4) is 0 Å². The van der Waals surface area contributed by atoms with Crippen LogP contribution in [0.15, 0.2) is 50.6 Å². The number of nitrogens with two attached hydrogens (primary N) is 2. The first kappa shape index (κ1) is 17.8. The van der Waals surface area contributed by atoms with E-state index in [1.54, 1.807) is 0 Å². The summed E-state index contributed by atoms with van der Waals surface area (Å²) in [5, 5.41) is 3.51.